The number of hydrogen-bond acceptors (Lipinski definition) is 6. The first-order valence-electron chi connectivity index (χ1n) is 13.1. The number of fused-ring (bicyclic) bond motifs is 2. The molecule has 42 heavy (non-hydrogen) atoms. The summed E-state index contributed by atoms with van der Waals surface area (Å²) in [5.41, 5.74) is -0.672. The highest BCUT2D eigenvalue weighted by Gasteiger charge is 2.52. The van der Waals surface area contributed by atoms with Gasteiger partial charge in [-0.3, -0.25) is 9.78 Å². The van der Waals surface area contributed by atoms with E-state index in [0.29, 0.717) is 35.1 Å². The minimum absolute atomic E-state index is 0.0260. The fraction of sp³-hybridized carbons (Fsp3) is 0.286. The number of Topliss-reactive ketones (excluding diaryl/α,β-unsaturated/α-hetero) is 1. The number of sulfonamides is 1. The SMILES string of the molecule is CCn1cnc(S(=O)(=O)N2CCC3=Cc4c(cnn4-c4ccc(F)cc4)CC3(C(=O)c3cc(C(F)(F)F)ccn3)C2)c1. The van der Waals surface area contributed by atoms with Crippen LogP contribution in [-0.4, -0.2) is 55.9 Å². The molecule has 1 unspecified atom stereocenters. The van der Waals surface area contributed by atoms with Gasteiger partial charge in [0.15, 0.2) is 10.8 Å². The molecule has 14 heteroatoms. The Bertz CT molecular complexity index is 1830. The van der Waals surface area contributed by atoms with Gasteiger partial charge in [-0.15, -0.1) is 0 Å². The minimum Gasteiger partial charge on any atom is -0.336 e. The molecular weight excluding hydrogens is 576 g/mol. The van der Waals surface area contributed by atoms with Crippen LogP contribution in [0.25, 0.3) is 11.8 Å². The Morgan fingerprint density at radius 3 is 2.57 bits per heavy atom. The lowest BCUT2D eigenvalue weighted by Gasteiger charge is -2.44. The Hall–Kier alpha value is -4.17. The van der Waals surface area contributed by atoms with Crippen molar-refractivity contribution in [2.75, 3.05) is 13.1 Å². The van der Waals surface area contributed by atoms with E-state index in [9.17, 15) is 30.8 Å². The third-order valence-electron chi connectivity index (χ3n) is 7.79. The number of pyridine rings is 1. The molecule has 9 nitrogen and oxygen atoms in total. The van der Waals surface area contributed by atoms with Gasteiger partial charge in [-0.25, -0.2) is 22.5 Å². The molecule has 3 aromatic heterocycles. The Balaban J connectivity index is 1.46. The first-order valence-corrected chi connectivity index (χ1v) is 14.5. The summed E-state index contributed by atoms with van der Waals surface area (Å²) in [6, 6.07) is 7.14. The smallest absolute Gasteiger partial charge is 0.336 e. The molecular formula is C28H24F4N6O3S. The predicted octanol–water partition coefficient (Wildman–Crippen LogP) is 4.55. The van der Waals surface area contributed by atoms with Crippen molar-refractivity contribution >= 4 is 21.9 Å². The second-order valence-electron chi connectivity index (χ2n) is 10.3. The molecule has 1 atom stereocenters. The Labute approximate surface area is 238 Å². The van der Waals surface area contributed by atoms with Crippen LogP contribution in [0.3, 0.4) is 0 Å². The molecule has 0 N–H and O–H groups in total. The lowest BCUT2D eigenvalue weighted by Crippen LogP contribution is -2.53. The van der Waals surface area contributed by atoms with E-state index in [1.807, 2.05) is 6.92 Å². The highest BCUT2D eigenvalue weighted by Crippen LogP contribution is 2.47. The van der Waals surface area contributed by atoms with E-state index in [-0.39, 0.29) is 31.0 Å². The highest BCUT2D eigenvalue weighted by atomic mass is 32.2. The quantitative estimate of drug-likeness (QED) is 0.238. The first kappa shape index (κ1) is 28.0. The topological polar surface area (TPSA) is 103 Å². The summed E-state index contributed by atoms with van der Waals surface area (Å²) in [6.07, 6.45) is 2.37. The maximum Gasteiger partial charge on any atom is 0.416 e. The van der Waals surface area contributed by atoms with Gasteiger partial charge in [0.2, 0.25) is 0 Å². The van der Waals surface area contributed by atoms with Gasteiger partial charge in [0.25, 0.3) is 10.0 Å². The van der Waals surface area contributed by atoms with Crippen LogP contribution in [-0.2, 0) is 29.2 Å². The summed E-state index contributed by atoms with van der Waals surface area (Å²) < 4.78 is 85.8. The molecule has 2 aliphatic rings. The first-order chi connectivity index (χ1) is 19.9. The van der Waals surface area contributed by atoms with Crippen LogP contribution >= 0.6 is 0 Å². The molecule has 0 spiro atoms. The van der Waals surface area contributed by atoms with E-state index in [2.05, 4.69) is 15.1 Å². The molecule has 1 aliphatic carbocycles. The van der Waals surface area contributed by atoms with Crippen molar-refractivity contribution in [2.45, 2.75) is 37.5 Å². The molecule has 4 heterocycles. The van der Waals surface area contributed by atoms with Crippen LogP contribution in [0.5, 0.6) is 0 Å². The van der Waals surface area contributed by atoms with E-state index >= 15 is 0 Å². The van der Waals surface area contributed by atoms with E-state index in [0.717, 1.165) is 16.6 Å². The van der Waals surface area contributed by atoms with Gasteiger partial charge in [0, 0.05) is 32.0 Å². The van der Waals surface area contributed by atoms with Crippen LogP contribution in [0.1, 0.15) is 40.7 Å². The third kappa shape index (κ3) is 4.64. The Morgan fingerprint density at radius 1 is 1.12 bits per heavy atom. The standard InChI is InChI=1S/C28H24F4N6O3S/c1-2-36-15-25(34-17-36)42(40,41)37-10-8-19-12-24-18(14-35-38(24)22-5-3-21(29)4-6-22)13-27(19,16-37)26(39)23-11-20(7-9-33-23)28(30,31)32/h3-7,9,11-12,14-15,17H,2,8,10,13,16H2,1H3. The van der Waals surface area contributed by atoms with Gasteiger partial charge in [0.05, 0.1) is 34.9 Å². The van der Waals surface area contributed by atoms with Crippen LogP contribution in [0, 0.1) is 11.2 Å². The summed E-state index contributed by atoms with van der Waals surface area (Å²) in [7, 11) is -4.14. The van der Waals surface area contributed by atoms with Crippen molar-refractivity contribution in [3.05, 3.63) is 95.2 Å². The summed E-state index contributed by atoms with van der Waals surface area (Å²) in [6.45, 7) is 2.04. The average Bonchev–Trinajstić information content (AvgIpc) is 3.63. The number of aryl methyl sites for hydroxylation is 1. The monoisotopic (exact) mass is 600 g/mol. The fourth-order valence-electron chi connectivity index (χ4n) is 5.56. The van der Waals surface area contributed by atoms with Gasteiger partial charge < -0.3 is 4.57 Å². The number of carbonyl (C=O) groups excluding carboxylic acids is 1. The molecule has 1 fully saturated rings. The van der Waals surface area contributed by atoms with Gasteiger partial charge in [-0.1, -0.05) is 5.57 Å². The lowest BCUT2D eigenvalue weighted by atomic mass is 9.65. The number of imidazole rings is 1. The van der Waals surface area contributed by atoms with Crippen LogP contribution in [0.2, 0.25) is 0 Å². The maximum absolute atomic E-state index is 14.2. The zero-order chi connectivity index (χ0) is 29.9. The number of aromatic nitrogens is 5. The second-order valence-corrected chi connectivity index (χ2v) is 12.1. The van der Waals surface area contributed by atoms with Crippen molar-refractivity contribution in [1.29, 1.82) is 0 Å². The van der Waals surface area contributed by atoms with E-state index in [4.69, 9.17) is 0 Å². The van der Waals surface area contributed by atoms with E-state index < -0.39 is 44.5 Å². The number of alkyl halides is 3. The third-order valence-corrected chi connectivity index (χ3v) is 9.52. The number of nitrogens with zero attached hydrogens (tertiary/aromatic N) is 6. The van der Waals surface area contributed by atoms with Crippen molar-refractivity contribution < 1.29 is 30.8 Å². The predicted molar refractivity (Wildman–Crippen MR) is 142 cm³/mol. The Morgan fingerprint density at radius 2 is 1.88 bits per heavy atom. The summed E-state index contributed by atoms with van der Waals surface area (Å²) in [5.74, 6) is -1.15. The lowest BCUT2D eigenvalue weighted by molar-refractivity contribution is -0.137. The number of rotatable bonds is 6. The zero-order valence-corrected chi connectivity index (χ0v) is 23.0. The van der Waals surface area contributed by atoms with Crippen LogP contribution in [0.4, 0.5) is 17.6 Å². The normalized spacial score (nSPS) is 19.2. The van der Waals surface area contributed by atoms with Crippen molar-refractivity contribution in [1.82, 2.24) is 28.6 Å². The molecule has 6 rings (SSSR count). The number of benzene rings is 1. The molecule has 218 valence electrons. The maximum atomic E-state index is 14.2. The molecule has 0 bridgehead atoms. The van der Waals surface area contributed by atoms with E-state index in [1.165, 1.54) is 30.9 Å². The van der Waals surface area contributed by atoms with Gasteiger partial charge in [0.1, 0.15) is 11.5 Å². The molecule has 0 radical (unpaired) electrons. The number of hydrogen-bond donors (Lipinski definition) is 0. The fourth-order valence-corrected chi connectivity index (χ4v) is 7.00. The van der Waals surface area contributed by atoms with Crippen molar-refractivity contribution in [3.63, 3.8) is 0 Å². The summed E-state index contributed by atoms with van der Waals surface area (Å²) in [5, 5.41) is 4.24. The molecule has 1 aliphatic heterocycles. The molecule has 1 saturated heterocycles. The van der Waals surface area contributed by atoms with Crippen LogP contribution < -0.4 is 0 Å². The Kier molecular flexibility index (Phi) is 6.65. The van der Waals surface area contributed by atoms with E-state index in [1.54, 1.807) is 27.5 Å². The van der Waals surface area contributed by atoms with Gasteiger partial charge >= 0.3 is 6.18 Å². The largest absolute Gasteiger partial charge is 0.416 e. The average molecular weight is 601 g/mol. The molecule has 0 amide bonds. The highest BCUT2D eigenvalue weighted by molar-refractivity contribution is 7.89. The summed E-state index contributed by atoms with van der Waals surface area (Å²) in [4.78, 5) is 22.2. The molecule has 4 aromatic rings. The van der Waals surface area contributed by atoms with Crippen molar-refractivity contribution in [3.8, 4) is 5.69 Å². The number of halogens is 4. The molecule has 0 saturated carbocycles. The van der Waals surface area contributed by atoms with Gasteiger partial charge in [-0.2, -0.15) is 22.6 Å². The number of ketones is 1. The zero-order valence-electron chi connectivity index (χ0n) is 22.2. The van der Waals surface area contributed by atoms with Crippen LogP contribution in [0.15, 0.2) is 71.9 Å². The summed E-state index contributed by atoms with van der Waals surface area (Å²) >= 11 is 0. The number of carbonyl (C=O) groups is 1. The van der Waals surface area contributed by atoms with Gasteiger partial charge in [-0.05, 0) is 67.8 Å². The minimum atomic E-state index is -4.70. The second kappa shape index (κ2) is 9.98. The number of piperidine rings is 1. The van der Waals surface area contributed by atoms with Crippen molar-refractivity contribution in [2.24, 2.45) is 5.41 Å². The molecule has 1 aromatic carbocycles.